The van der Waals surface area contributed by atoms with Crippen LogP contribution in [0.2, 0.25) is 0 Å². The van der Waals surface area contributed by atoms with E-state index in [1.807, 2.05) is 0 Å². The van der Waals surface area contributed by atoms with Crippen molar-refractivity contribution in [3.8, 4) is 5.75 Å². The smallest absolute Gasteiger partial charge is 0.389 e. The number of carbonyl (C=O) groups excluding carboxylic acids is 1. The lowest BCUT2D eigenvalue weighted by Crippen LogP contribution is -2.11. The highest BCUT2D eigenvalue weighted by Crippen LogP contribution is 2.50. The molecule has 1 aromatic rings. The van der Waals surface area contributed by atoms with Crippen molar-refractivity contribution in [3.05, 3.63) is 45.5 Å². The van der Waals surface area contributed by atoms with Crippen LogP contribution in [0.15, 0.2) is 24.3 Å². The largest absolute Gasteiger partial charge is 0.487 e. The van der Waals surface area contributed by atoms with Crippen molar-refractivity contribution >= 4 is 11.7 Å². The zero-order chi connectivity index (χ0) is 21.6. The highest BCUT2D eigenvalue weighted by molar-refractivity contribution is 5.77. The number of nitro benzene ring substituents is 1. The lowest BCUT2D eigenvalue weighted by Gasteiger charge is -2.14. The van der Waals surface area contributed by atoms with Gasteiger partial charge in [0.15, 0.2) is 0 Å². The van der Waals surface area contributed by atoms with Gasteiger partial charge >= 0.3 is 17.8 Å². The molecule has 1 fully saturated rings. The fraction of sp³-hybridized carbons (Fsp3) is 0.550. The van der Waals surface area contributed by atoms with Gasteiger partial charge in [0.1, 0.15) is 0 Å². The molecule has 0 aromatic heterocycles. The third kappa shape index (κ3) is 6.47. The van der Waals surface area contributed by atoms with Gasteiger partial charge in [-0.1, -0.05) is 18.2 Å². The minimum absolute atomic E-state index is 0.0210. The monoisotopic (exact) mass is 415 g/mol. The Morgan fingerprint density at radius 3 is 2.69 bits per heavy atom. The number of allylic oxidation sites excluding steroid dienone is 2. The molecule has 0 bridgehead atoms. The second kappa shape index (κ2) is 9.76. The number of halogens is 3. The van der Waals surface area contributed by atoms with Crippen molar-refractivity contribution in [1.82, 2.24) is 0 Å². The van der Waals surface area contributed by atoms with Gasteiger partial charge in [0.2, 0.25) is 5.75 Å². The summed E-state index contributed by atoms with van der Waals surface area (Å²) < 4.78 is 47.4. The number of hydrogen-bond donors (Lipinski definition) is 0. The van der Waals surface area contributed by atoms with Gasteiger partial charge in [0, 0.05) is 18.1 Å². The van der Waals surface area contributed by atoms with Gasteiger partial charge in [-0.25, -0.2) is 0 Å². The number of nitrogens with zero attached hydrogens (tertiary/aromatic N) is 1. The molecule has 0 heterocycles. The Morgan fingerprint density at radius 2 is 2.10 bits per heavy atom. The van der Waals surface area contributed by atoms with E-state index in [0.717, 1.165) is 0 Å². The lowest BCUT2D eigenvalue weighted by molar-refractivity contribution is -0.386. The molecule has 0 spiro atoms. The maximum Gasteiger partial charge on any atom is 0.389 e. The Balaban J connectivity index is 2.27. The van der Waals surface area contributed by atoms with E-state index in [1.165, 1.54) is 6.07 Å². The van der Waals surface area contributed by atoms with Gasteiger partial charge in [-0.3, -0.25) is 14.9 Å². The molecule has 2 atom stereocenters. The van der Waals surface area contributed by atoms with E-state index in [2.05, 4.69) is 0 Å². The number of nitro groups is 1. The molecule has 0 saturated heterocycles. The first-order valence-corrected chi connectivity index (χ1v) is 9.46. The lowest BCUT2D eigenvalue weighted by atomic mass is 10.0. The minimum Gasteiger partial charge on any atom is -0.487 e. The number of benzene rings is 1. The first kappa shape index (κ1) is 22.7. The number of alkyl halides is 3. The number of hydrogen-bond acceptors (Lipinski definition) is 5. The molecule has 1 saturated carbocycles. The van der Waals surface area contributed by atoms with E-state index in [-0.39, 0.29) is 48.9 Å². The van der Waals surface area contributed by atoms with Crippen LogP contribution in [0.1, 0.15) is 50.2 Å². The number of esters is 1. The average molecular weight is 415 g/mol. The maximum absolute atomic E-state index is 12.3. The molecule has 0 amide bonds. The van der Waals surface area contributed by atoms with Crippen molar-refractivity contribution in [3.63, 3.8) is 0 Å². The second-order valence-electron chi connectivity index (χ2n) is 6.83. The Morgan fingerprint density at radius 1 is 1.38 bits per heavy atom. The summed E-state index contributed by atoms with van der Waals surface area (Å²) in [7, 11) is 0. The van der Waals surface area contributed by atoms with E-state index < -0.39 is 17.5 Å². The predicted molar refractivity (Wildman–Crippen MR) is 99.9 cm³/mol. The maximum atomic E-state index is 12.3. The first-order chi connectivity index (χ1) is 13.7. The SMILES string of the molecule is C/C=C/Cc1cc(C2CC2C(=O)OCC)cc([N+](=O)[O-])c1OCCCC(F)(F)F. The standard InChI is InChI=1S/C20H24F3NO5/c1-3-5-7-13-10-14(15-12-16(15)19(25)28-4-2)11-17(24(26)27)18(13)29-9-6-8-20(21,22)23/h3,5,10-11,15-16H,4,6-9,12H2,1-2H3/b5-3+. The molecule has 0 N–H and O–H groups in total. The highest BCUT2D eigenvalue weighted by Gasteiger charge is 2.46. The molecule has 1 aromatic carbocycles. The molecule has 2 unspecified atom stereocenters. The quantitative estimate of drug-likeness (QED) is 0.175. The van der Waals surface area contributed by atoms with Crippen LogP contribution in [0.3, 0.4) is 0 Å². The van der Waals surface area contributed by atoms with Crippen LogP contribution in [0.4, 0.5) is 18.9 Å². The molecule has 1 aliphatic carbocycles. The molecule has 1 aliphatic rings. The summed E-state index contributed by atoms with van der Waals surface area (Å²) in [6, 6.07) is 3.08. The van der Waals surface area contributed by atoms with E-state index in [9.17, 15) is 28.1 Å². The Labute approximate surface area is 166 Å². The Bertz CT molecular complexity index is 776. The summed E-state index contributed by atoms with van der Waals surface area (Å²) in [5.74, 6) is -0.853. The van der Waals surface area contributed by atoms with E-state index >= 15 is 0 Å². The van der Waals surface area contributed by atoms with Crippen molar-refractivity contribution < 1.29 is 32.4 Å². The number of carbonyl (C=O) groups is 1. The molecular weight excluding hydrogens is 391 g/mol. The highest BCUT2D eigenvalue weighted by atomic mass is 19.4. The van der Waals surface area contributed by atoms with Crippen LogP contribution in [0.5, 0.6) is 5.75 Å². The van der Waals surface area contributed by atoms with Crippen LogP contribution in [0.25, 0.3) is 0 Å². The van der Waals surface area contributed by atoms with Crippen molar-refractivity contribution in [2.24, 2.45) is 5.92 Å². The number of ether oxygens (including phenoxy) is 2. The summed E-state index contributed by atoms with van der Waals surface area (Å²) in [6.07, 6.45) is -1.20. The van der Waals surface area contributed by atoms with Crippen LogP contribution >= 0.6 is 0 Å². The fourth-order valence-corrected chi connectivity index (χ4v) is 3.13. The van der Waals surface area contributed by atoms with Crippen molar-refractivity contribution in [2.45, 2.75) is 51.6 Å². The van der Waals surface area contributed by atoms with Gasteiger partial charge in [0.25, 0.3) is 0 Å². The summed E-state index contributed by atoms with van der Waals surface area (Å²) in [6.45, 7) is 3.48. The van der Waals surface area contributed by atoms with Crippen LogP contribution in [-0.4, -0.2) is 30.3 Å². The molecule has 29 heavy (non-hydrogen) atoms. The Kier molecular flexibility index (Phi) is 7.64. The summed E-state index contributed by atoms with van der Waals surface area (Å²) >= 11 is 0. The van der Waals surface area contributed by atoms with Gasteiger partial charge in [-0.15, -0.1) is 0 Å². The normalized spacial score (nSPS) is 18.7. The molecule has 0 radical (unpaired) electrons. The molecule has 2 rings (SSSR count). The predicted octanol–water partition coefficient (Wildman–Crippen LogP) is 5.10. The van der Waals surface area contributed by atoms with E-state index in [4.69, 9.17) is 9.47 Å². The van der Waals surface area contributed by atoms with Gasteiger partial charge in [-0.05, 0) is 44.6 Å². The summed E-state index contributed by atoms with van der Waals surface area (Å²) in [4.78, 5) is 22.9. The Hall–Kier alpha value is -2.58. The van der Waals surface area contributed by atoms with Gasteiger partial charge in [0.05, 0.1) is 24.1 Å². The van der Waals surface area contributed by atoms with E-state index in [0.29, 0.717) is 24.0 Å². The fourth-order valence-electron chi connectivity index (χ4n) is 3.13. The van der Waals surface area contributed by atoms with Crippen molar-refractivity contribution in [2.75, 3.05) is 13.2 Å². The summed E-state index contributed by atoms with van der Waals surface area (Å²) in [5, 5.41) is 11.6. The summed E-state index contributed by atoms with van der Waals surface area (Å²) in [5.41, 5.74) is 0.842. The van der Waals surface area contributed by atoms with Crippen LogP contribution < -0.4 is 4.74 Å². The number of rotatable bonds is 10. The zero-order valence-corrected chi connectivity index (χ0v) is 16.3. The topological polar surface area (TPSA) is 78.7 Å². The molecular formula is C20H24F3NO5. The van der Waals surface area contributed by atoms with Gasteiger partial charge < -0.3 is 9.47 Å². The van der Waals surface area contributed by atoms with E-state index in [1.54, 1.807) is 32.1 Å². The first-order valence-electron chi connectivity index (χ1n) is 9.46. The van der Waals surface area contributed by atoms with Crippen LogP contribution in [0, 0.1) is 16.0 Å². The third-order valence-electron chi connectivity index (χ3n) is 4.60. The molecule has 0 aliphatic heterocycles. The molecule has 9 heteroatoms. The van der Waals surface area contributed by atoms with Crippen molar-refractivity contribution in [1.29, 1.82) is 0 Å². The molecule has 6 nitrogen and oxygen atoms in total. The minimum atomic E-state index is -4.30. The zero-order valence-electron chi connectivity index (χ0n) is 16.3. The average Bonchev–Trinajstić information content (AvgIpc) is 3.43. The van der Waals surface area contributed by atoms with Gasteiger partial charge in [-0.2, -0.15) is 13.2 Å². The third-order valence-corrected chi connectivity index (χ3v) is 4.60. The van der Waals surface area contributed by atoms with Crippen LogP contribution in [-0.2, 0) is 16.0 Å². The second-order valence-corrected chi connectivity index (χ2v) is 6.83. The molecule has 160 valence electrons.